The molecule has 2 aliphatic rings. The number of hydrogen-bond acceptors (Lipinski definition) is 5. The molecule has 4 rings (SSSR count). The summed E-state index contributed by atoms with van der Waals surface area (Å²) in [6, 6.07) is 9.23. The number of fused-ring (bicyclic) bond motifs is 1. The highest BCUT2D eigenvalue weighted by molar-refractivity contribution is 5.95. The summed E-state index contributed by atoms with van der Waals surface area (Å²) in [5, 5.41) is 0. The summed E-state index contributed by atoms with van der Waals surface area (Å²) in [7, 11) is 3.08. The molecule has 8 heteroatoms. The average Bonchev–Trinajstić information content (AvgIpc) is 3.27. The Morgan fingerprint density at radius 1 is 1.14 bits per heavy atom. The van der Waals surface area contributed by atoms with Gasteiger partial charge in [-0.3, -0.25) is 9.69 Å². The molecular weight excluding hydrogens is 454 g/mol. The number of methoxy groups -OCH3 is 2. The van der Waals surface area contributed by atoms with Crippen LogP contribution < -0.4 is 9.47 Å². The van der Waals surface area contributed by atoms with Crippen molar-refractivity contribution < 1.29 is 27.8 Å². The molecule has 0 aliphatic carbocycles. The van der Waals surface area contributed by atoms with Crippen LogP contribution in [0.15, 0.2) is 42.0 Å². The fourth-order valence-corrected chi connectivity index (χ4v) is 5.00. The summed E-state index contributed by atoms with van der Waals surface area (Å²) >= 11 is 0. The second-order valence-corrected chi connectivity index (χ2v) is 9.11. The smallest absolute Gasteiger partial charge is 0.254 e. The predicted molar refractivity (Wildman–Crippen MR) is 130 cm³/mol. The van der Waals surface area contributed by atoms with E-state index in [9.17, 15) is 13.6 Å². The van der Waals surface area contributed by atoms with Crippen LogP contribution in [0.2, 0.25) is 0 Å². The van der Waals surface area contributed by atoms with Crippen molar-refractivity contribution in [2.24, 2.45) is 0 Å². The van der Waals surface area contributed by atoms with Crippen LogP contribution >= 0.6 is 0 Å². The highest BCUT2D eigenvalue weighted by atomic mass is 19.1. The third-order valence-electron chi connectivity index (χ3n) is 6.73. The van der Waals surface area contributed by atoms with Gasteiger partial charge >= 0.3 is 0 Å². The van der Waals surface area contributed by atoms with Gasteiger partial charge < -0.3 is 19.1 Å². The maximum absolute atomic E-state index is 14.2. The number of nitrogens with zero attached hydrogens (tertiary/aromatic N) is 2. The van der Waals surface area contributed by atoms with Crippen molar-refractivity contribution in [3.05, 3.63) is 64.7 Å². The van der Waals surface area contributed by atoms with Crippen LogP contribution in [0.3, 0.4) is 0 Å². The van der Waals surface area contributed by atoms with E-state index in [0.29, 0.717) is 42.8 Å². The topological polar surface area (TPSA) is 51.2 Å². The molecule has 1 amide bonds. The van der Waals surface area contributed by atoms with Gasteiger partial charge in [0, 0.05) is 48.9 Å². The average molecular weight is 487 g/mol. The van der Waals surface area contributed by atoms with Crippen LogP contribution in [0.1, 0.15) is 35.7 Å². The molecule has 35 heavy (non-hydrogen) atoms. The number of hydrogen-bond donors (Lipinski definition) is 0. The number of morpholine rings is 1. The van der Waals surface area contributed by atoms with Crippen molar-refractivity contribution >= 4 is 12.0 Å². The molecular formula is C27H32F2N2O4. The third-order valence-corrected chi connectivity index (χ3v) is 6.73. The van der Waals surface area contributed by atoms with E-state index in [4.69, 9.17) is 14.2 Å². The van der Waals surface area contributed by atoms with Crippen molar-refractivity contribution in [2.45, 2.75) is 31.8 Å². The molecule has 0 radical (unpaired) electrons. The lowest BCUT2D eigenvalue weighted by Gasteiger charge is -2.36. The van der Waals surface area contributed by atoms with Crippen molar-refractivity contribution in [3.8, 4) is 11.5 Å². The molecule has 0 saturated carbocycles. The minimum absolute atomic E-state index is 0.144. The molecule has 0 spiro atoms. The summed E-state index contributed by atoms with van der Waals surface area (Å²) in [4.78, 5) is 17.9. The zero-order valence-electron chi connectivity index (χ0n) is 20.4. The van der Waals surface area contributed by atoms with Gasteiger partial charge in [0.15, 0.2) is 11.5 Å². The Hall–Kier alpha value is -2.97. The maximum Gasteiger partial charge on any atom is 0.254 e. The largest absolute Gasteiger partial charge is 0.493 e. The predicted octanol–water partition coefficient (Wildman–Crippen LogP) is 4.39. The lowest BCUT2D eigenvalue weighted by molar-refractivity contribution is -0.00703. The Morgan fingerprint density at radius 3 is 2.69 bits per heavy atom. The van der Waals surface area contributed by atoms with Crippen LogP contribution in [0.5, 0.6) is 11.5 Å². The standard InChI is InChI=1S/C27H32F2N2O4/c1-18(12-19-4-6-21(28)14-24(19)29)15-30(16-22-7-8-23-17-35-11-10-31(22)23)27(32)20-5-9-25(33-2)26(13-20)34-3/h4-6,9,12-14,22-23H,7-8,10-11,15-17H2,1-3H3/b18-12+. The molecule has 0 aromatic heterocycles. The molecule has 188 valence electrons. The summed E-state index contributed by atoms with van der Waals surface area (Å²) < 4.78 is 43.9. The summed E-state index contributed by atoms with van der Waals surface area (Å²) in [5.41, 5.74) is 1.57. The number of carbonyl (C=O) groups excluding carboxylic acids is 1. The lowest BCUT2D eigenvalue weighted by atomic mass is 10.1. The van der Waals surface area contributed by atoms with E-state index in [1.54, 1.807) is 36.3 Å². The highest BCUT2D eigenvalue weighted by Crippen LogP contribution is 2.30. The monoisotopic (exact) mass is 486 g/mol. The van der Waals surface area contributed by atoms with Gasteiger partial charge in [-0.05, 0) is 50.1 Å². The minimum Gasteiger partial charge on any atom is -0.493 e. The van der Waals surface area contributed by atoms with Gasteiger partial charge in [0.25, 0.3) is 5.91 Å². The van der Waals surface area contributed by atoms with Gasteiger partial charge in [-0.2, -0.15) is 0 Å². The first-order valence-electron chi connectivity index (χ1n) is 11.9. The molecule has 2 fully saturated rings. The Bertz CT molecular complexity index is 1090. The summed E-state index contributed by atoms with van der Waals surface area (Å²) in [6.45, 7) is 4.98. The summed E-state index contributed by atoms with van der Waals surface area (Å²) in [5.74, 6) is -0.369. The Balaban J connectivity index is 1.60. The fraction of sp³-hybridized carbons (Fsp3) is 0.444. The molecule has 0 bridgehead atoms. The van der Waals surface area contributed by atoms with E-state index in [0.717, 1.165) is 37.6 Å². The molecule has 6 nitrogen and oxygen atoms in total. The maximum atomic E-state index is 14.2. The minimum atomic E-state index is -0.630. The lowest BCUT2D eigenvalue weighted by Crippen LogP contribution is -2.50. The Labute approximate surface area is 205 Å². The fourth-order valence-electron chi connectivity index (χ4n) is 5.00. The number of benzene rings is 2. The van der Waals surface area contributed by atoms with Crippen LogP contribution in [0.25, 0.3) is 6.08 Å². The van der Waals surface area contributed by atoms with Gasteiger partial charge in [0.1, 0.15) is 11.6 Å². The van der Waals surface area contributed by atoms with E-state index < -0.39 is 11.6 Å². The molecule has 2 aromatic rings. The number of ether oxygens (including phenoxy) is 3. The Kier molecular flexibility index (Phi) is 8.03. The van der Waals surface area contributed by atoms with Gasteiger partial charge in [-0.15, -0.1) is 0 Å². The molecule has 2 saturated heterocycles. The molecule has 2 atom stereocenters. The van der Waals surface area contributed by atoms with Gasteiger partial charge in [-0.25, -0.2) is 8.78 Å². The van der Waals surface area contributed by atoms with E-state index in [1.165, 1.54) is 19.2 Å². The van der Waals surface area contributed by atoms with E-state index in [-0.39, 0.29) is 17.5 Å². The molecule has 2 heterocycles. The Morgan fingerprint density at radius 2 is 1.94 bits per heavy atom. The second kappa shape index (κ2) is 11.2. The van der Waals surface area contributed by atoms with Crippen LogP contribution in [-0.4, -0.2) is 74.9 Å². The molecule has 2 aliphatic heterocycles. The first kappa shape index (κ1) is 25.1. The SMILES string of the molecule is COc1ccc(C(=O)N(C/C(C)=C/c2ccc(F)cc2F)CC2CCC3COCCN32)cc1OC. The molecule has 0 N–H and O–H groups in total. The van der Waals surface area contributed by atoms with Crippen molar-refractivity contribution in [1.82, 2.24) is 9.80 Å². The van der Waals surface area contributed by atoms with E-state index >= 15 is 0 Å². The summed E-state index contributed by atoms with van der Waals surface area (Å²) in [6.07, 6.45) is 3.69. The second-order valence-electron chi connectivity index (χ2n) is 9.11. The quantitative estimate of drug-likeness (QED) is 0.554. The molecule has 2 unspecified atom stereocenters. The molecule has 2 aromatic carbocycles. The first-order valence-corrected chi connectivity index (χ1v) is 11.9. The van der Waals surface area contributed by atoms with E-state index in [2.05, 4.69) is 4.90 Å². The number of amides is 1. The van der Waals surface area contributed by atoms with Crippen molar-refractivity contribution in [2.75, 3.05) is 47.1 Å². The van der Waals surface area contributed by atoms with E-state index in [1.807, 2.05) is 6.92 Å². The van der Waals surface area contributed by atoms with Crippen molar-refractivity contribution in [3.63, 3.8) is 0 Å². The highest BCUT2D eigenvalue weighted by Gasteiger charge is 2.37. The number of rotatable bonds is 8. The third kappa shape index (κ3) is 5.82. The van der Waals surface area contributed by atoms with Crippen LogP contribution in [0, 0.1) is 11.6 Å². The normalized spacial score (nSPS) is 20.4. The van der Waals surface area contributed by atoms with Crippen molar-refractivity contribution in [1.29, 1.82) is 0 Å². The van der Waals surface area contributed by atoms with Gasteiger partial charge in [0.2, 0.25) is 0 Å². The zero-order chi connectivity index (χ0) is 24.9. The van der Waals surface area contributed by atoms with Gasteiger partial charge in [0.05, 0.1) is 27.4 Å². The van der Waals surface area contributed by atoms with Gasteiger partial charge in [-0.1, -0.05) is 11.6 Å². The number of carbonyl (C=O) groups is 1. The van der Waals surface area contributed by atoms with Crippen LogP contribution in [-0.2, 0) is 4.74 Å². The first-order chi connectivity index (χ1) is 16.9. The zero-order valence-corrected chi connectivity index (χ0v) is 20.4. The van der Waals surface area contributed by atoms with Crippen LogP contribution in [0.4, 0.5) is 8.78 Å². The number of halogens is 2.